The molecule has 124 valence electrons. The van der Waals surface area contributed by atoms with Crippen molar-refractivity contribution in [3.63, 3.8) is 0 Å². The third-order valence-electron chi connectivity index (χ3n) is 4.03. The van der Waals surface area contributed by atoms with Crippen molar-refractivity contribution in [3.8, 4) is 0 Å². The topological polar surface area (TPSA) is 92.1 Å². The van der Waals surface area contributed by atoms with Crippen molar-refractivity contribution in [1.29, 1.82) is 0 Å². The van der Waals surface area contributed by atoms with Gasteiger partial charge in [0, 0.05) is 48.4 Å². The Morgan fingerprint density at radius 3 is 2.96 bits per heavy atom. The molecule has 0 unspecified atom stereocenters. The van der Waals surface area contributed by atoms with Gasteiger partial charge in [0.05, 0.1) is 0 Å². The molecule has 0 radical (unpaired) electrons. The van der Waals surface area contributed by atoms with E-state index >= 15 is 0 Å². The maximum Gasteiger partial charge on any atom is 0.266 e. The van der Waals surface area contributed by atoms with Crippen LogP contribution in [0.4, 0.5) is 0 Å². The van der Waals surface area contributed by atoms with Crippen LogP contribution in [0.15, 0.2) is 35.4 Å². The van der Waals surface area contributed by atoms with Gasteiger partial charge in [0.1, 0.15) is 0 Å². The Balaban J connectivity index is 1.67. The largest absolute Gasteiger partial charge is 0.352 e. The Morgan fingerprint density at radius 1 is 1.38 bits per heavy atom. The first-order valence-corrected chi connectivity index (χ1v) is 7.78. The molecule has 2 N–H and O–H groups in total. The van der Waals surface area contributed by atoms with E-state index in [9.17, 15) is 9.59 Å². The second kappa shape index (κ2) is 6.66. The van der Waals surface area contributed by atoms with Gasteiger partial charge in [0.2, 0.25) is 5.91 Å². The Morgan fingerprint density at radius 2 is 2.21 bits per heavy atom. The number of rotatable bonds is 5. The predicted molar refractivity (Wildman–Crippen MR) is 89.7 cm³/mol. The summed E-state index contributed by atoms with van der Waals surface area (Å²) < 4.78 is 1.65. The number of hydrogen-bond acceptors (Lipinski definition) is 4. The van der Waals surface area contributed by atoms with Crippen LogP contribution in [0.3, 0.4) is 0 Å². The number of nitrogens with zero attached hydrogens (tertiary/aromatic N) is 3. The zero-order chi connectivity index (χ0) is 17.1. The van der Waals surface area contributed by atoms with E-state index < -0.39 is 0 Å². The first-order valence-electron chi connectivity index (χ1n) is 7.78. The lowest BCUT2D eigenvalue weighted by molar-refractivity contribution is -0.121. The van der Waals surface area contributed by atoms with E-state index in [1.54, 1.807) is 16.9 Å². The maximum atomic E-state index is 12.1. The van der Waals surface area contributed by atoms with Crippen molar-refractivity contribution in [2.75, 3.05) is 0 Å². The second-order valence-electron chi connectivity index (χ2n) is 5.71. The Kier molecular flexibility index (Phi) is 4.41. The monoisotopic (exact) mass is 325 g/mol. The van der Waals surface area contributed by atoms with Gasteiger partial charge in [0.15, 0.2) is 5.65 Å². The zero-order valence-corrected chi connectivity index (χ0v) is 13.7. The summed E-state index contributed by atoms with van der Waals surface area (Å²) in [5.74, 6) is -0.0289. The van der Waals surface area contributed by atoms with Crippen molar-refractivity contribution in [2.24, 2.45) is 0 Å². The average molecular weight is 325 g/mol. The molecule has 3 aromatic heterocycles. The number of amides is 1. The Hall–Kier alpha value is -2.96. The van der Waals surface area contributed by atoms with Gasteiger partial charge >= 0.3 is 0 Å². The molecule has 7 heteroatoms. The van der Waals surface area contributed by atoms with Crippen LogP contribution in [-0.4, -0.2) is 25.5 Å². The molecule has 0 atom stereocenters. The normalized spacial score (nSPS) is 10.9. The SMILES string of the molecule is Cc1nc2cc(=O)[nH]n2c(C)c1CNC(=O)CCc1cccnc1. The third-order valence-corrected chi connectivity index (χ3v) is 4.03. The van der Waals surface area contributed by atoms with Crippen molar-refractivity contribution >= 4 is 11.6 Å². The van der Waals surface area contributed by atoms with Crippen LogP contribution in [0.2, 0.25) is 0 Å². The van der Waals surface area contributed by atoms with Gasteiger partial charge in [-0.05, 0) is 31.9 Å². The second-order valence-corrected chi connectivity index (χ2v) is 5.71. The lowest BCUT2D eigenvalue weighted by Crippen LogP contribution is -2.24. The van der Waals surface area contributed by atoms with Crippen LogP contribution in [-0.2, 0) is 17.8 Å². The molecule has 0 bridgehead atoms. The van der Waals surface area contributed by atoms with Gasteiger partial charge < -0.3 is 5.32 Å². The van der Waals surface area contributed by atoms with Gasteiger partial charge in [0.25, 0.3) is 5.56 Å². The van der Waals surface area contributed by atoms with Crippen LogP contribution in [0.25, 0.3) is 5.65 Å². The first-order chi connectivity index (χ1) is 11.5. The Labute approximate surface area is 138 Å². The highest BCUT2D eigenvalue weighted by atomic mass is 16.1. The fourth-order valence-corrected chi connectivity index (χ4v) is 2.69. The summed E-state index contributed by atoms with van der Waals surface area (Å²) in [7, 11) is 0. The van der Waals surface area contributed by atoms with Crippen molar-refractivity contribution in [1.82, 2.24) is 24.9 Å². The van der Waals surface area contributed by atoms with Crippen molar-refractivity contribution in [2.45, 2.75) is 33.2 Å². The molecular weight excluding hydrogens is 306 g/mol. The van der Waals surface area contributed by atoms with Gasteiger partial charge in [-0.1, -0.05) is 6.07 Å². The number of aromatic amines is 1. The fraction of sp³-hybridized carbons (Fsp3) is 0.294. The van der Waals surface area contributed by atoms with E-state index in [4.69, 9.17) is 0 Å². The van der Waals surface area contributed by atoms with Crippen LogP contribution >= 0.6 is 0 Å². The van der Waals surface area contributed by atoms with Gasteiger partial charge in [-0.2, -0.15) is 0 Å². The molecule has 0 aliphatic heterocycles. The quantitative estimate of drug-likeness (QED) is 0.739. The molecule has 0 fully saturated rings. The van der Waals surface area contributed by atoms with Crippen LogP contribution in [0.1, 0.15) is 28.9 Å². The minimum atomic E-state index is -0.192. The molecule has 0 spiro atoms. The minimum Gasteiger partial charge on any atom is -0.352 e. The highest BCUT2D eigenvalue weighted by Gasteiger charge is 2.11. The van der Waals surface area contributed by atoms with Gasteiger partial charge in [-0.25, -0.2) is 9.50 Å². The van der Waals surface area contributed by atoms with Gasteiger partial charge in [-0.15, -0.1) is 0 Å². The lowest BCUT2D eigenvalue weighted by Gasteiger charge is -2.12. The van der Waals surface area contributed by atoms with E-state index in [-0.39, 0.29) is 11.5 Å². The molecule has 0 aromatic carbocycles. The molecule has 0 saturated carbocycles. The van der Waals surface area contributed by atoms with Crippen LogP contribution in [0, 0.1) is 13.8 Å². The summed E-state index contributed by atoms with van der Waals surface area (Å²) in [4.78, 5) is 32.0. The maximum absolute atomic E-state index is 12.1. The zero-order valence-electron chi connectivity index (χ0n) is 13.7. The lowest BCUT2D eigenvalue weighted by atomic mass is 10.1. The molecule has 0 aliphatic rings. The summed E-state index contributed by atoms with van der Waals surface area (Å²) >= 11 is 0. The molecule has 7 nitrogen and oxygen atoms in total. The minimum absolute atomic E-state index is 0.0289. The van der Waals surface area contributed by atoms with E-state index in [1.165, 1.54) is 6.07 Å². The number of pyridine rings is 1. The Bertz CT molecular complexity index is 927. The van der Waals surface area contributed by atoms with Crippen molar-refractivity contribution < 1.29 is 4.79 Å². The number of fused-ring (bicyclic) bond motifs is 1. The van der Waals surface area contributed by atoms with Crippen LogP contribution in [0.5, 0.6) is 0 Å². The summed E-state index contributed by atoms with van der Waals surface area (Å²) in [6.45, 7) is 4.16. The summed E-state index contributed by atoms with van der Waals surface area (Å²) in [5.41, 5.74) is 4.01. The fourth-order valence-electron chi connectivity index (χ4n) is 2.69. The summed E-state index contributed by atoms with van der Waals surface area (Å²) in [5, 5.41) is 5.63. The average Bonchev–Trinajstić information content (AvgIpc) is 2.94. The molecular formula is C17H19N5O2. The van der Waals surface area contributed by atoms with E-state index in [2.05, 4.69) is 20.4 Å². The van der Waals surface area contributed by atoms with E-state index in [0.717, 1.165) is 22.5 Å². The van der Waals surface area contributed by atoms with Gasteiger partial charge in [-0.3, -0.25) is 19.7 Å². The number of hydrogen-bond donors (Lipinski definition) is 2. The summed E-state index contributed by atoms with van der Waals surface area (Å²) in [6.07, 6.45) is 4.53. The third kappa shape index (κ3) is 3.34. The number of aryl methyl sites for hydroxylation is 3. The number of carbonyl (C=O) groups is 1. The molecule has 24 heavy (non-hydrogen) atoms. The predicted octanol–water partition coefficient (Wildman–Crippen LogP) is 1.28. The van der Waals surface area contributed by atoms with E-state index in [0.29, 0.717) is 25.0 Å². The standard InChI is InChI=1S/C17H19N5O2/c1-11-14(12(2)22-15(20-11)8-17(24)21-22)10-19-16(23)6-5-13-4-3-7-18-9-13/h3-4,7-9H,5-6,10H2,1-2H3,(H,19,23)(H,21,24). The first kappa shape index (κ1) is 15.9. The highest BCUT2D eigenvalue weighted by Crippen LogP contribution is 2.13. The number of carbonyl (C=O) groups excluding carboxylic acids is 1. The van der Waals surface area contributed by atoms with Crippen LogP contribution < -0.4 is 10.9 Å². The van der Waals surface area contributed by atoms with E-state index in [1.807, 2.05) is 26.0 Å². The highest BCUT2D eigenvalue weighted by molar-refractivity contribution is 5.76. The molecule has 3 heterocycles. The van der Waals surface area contributed by atoms with Crippen molar-refractivity contribution in [3.05, 3.63) is 63.5 Å². The molecule has 0 saturated heterocycles. The number of H-pyrrole nitrogens is 1. The number of aromatic nitrogens is 4. The molecule has 0 aliphatic carbocycles. The number of nitrogens with one attached hydrogen (secondary N) is 2. The molecule has 1 amide bonds. The molecule has 3 aromatic rings. The summed E-state index contributed by atoms with van der Waals surface area (Å²) in [6, 6.07) is 5.27. The smallest absolute Gasteiger partial charge is 0.266 e. The molecule has 3 rings (SSSR count).